The molecule has 98 valence electrons. The molecule has 1 unspecified atom stereocenters. The van der Waals surface area contributed by atoms with E-state index in [2.05, 4.69) is 5.32 Å². The van der Waals surface area contributed by atoms with Gasteiger partial charge in [0.05, 0.1) is 6.61 Å². The summed E-state index contributed by atoms with van der Waals surface area (Å²) >= 11 is 0. The van der Waals surface area contributed by atoms with Crippen molar-refractivity contribution in [2.45, 2.75) is 31.7 Å². The molecule has 1 rings (SSSR count). The molecule has 0 aromatic rings. The number of nitrogens with one attached hydrogen (secondary N) is 1. The molecule has 1 aliphatic rings. The molecule has 6 heteroatoms. The van der Waals surface area contributed by atoms with Gasteiger partial charge >= 0.3 is 12.0 Å². The van der Waals surface area contributed by atoms with Gasteiger partial charge in [0, 0.05) is 20.2 Å². The zero-order chi connectivity index (χ0) is 12.9. The van der Waals surface area contributed by atoms with Crippen LogP contribution < -0.4 is 5.32 Å². The number of methoxy groups -OCH3 is 1. The number of hydrogen-bond donors (Lipinski definition) is 2. The van der Waals surface area contributed by atoms with Crippen molar-refractivity contribution in [1.82, 2.24) is 10.2 Å². The van der Waals surface area contributed by atoms with Crippen LogP contribution >= 0.6 is 0 Å². The van der Waals surface area contributed by atoms with Crippen LogP contribution in [0.5, 0.6) is 0 Å². The van der Waals surface area contributed by atoms with E-state index in [1.165, 1.54) is 4.90 Å². The van der Waals surface area contributed by atoms with Crippen molar-refractivity contribution in [2.24, 2.45) is 0 Å². The summed E-state index contributed by atoms with van der Waals surface area (Å²) in [5.74, 6) is -0.917. The van der Waals surface area contributed by atoms with Gasteiger partial charge in [-0.3, -0.25) is 0 Å². The number of carboxylic acids is 1. The number of urea groups is 1. The number of nitrogens with zero attached hydrogens (tertiary/aromatic N) is 1. The number of likely N-dealkylation sites (tertiary alicyclic amines) is 1. The Kier molecular flexibility index (Phi) is 4.74. The third kappa shape index (κ3) is 2.69. The lowest BCUT2D eigenvalue weighted by atomic mass is 9.93. The first kappa shape index (κ1) is 13.8. The molecule has 0 saturated carbocycles. The first-order valence-electron chi connectivity index (χ1n) is 5.86. The summed E-state index contributed by atoms with van der Waals surface area (Å²) in [6, 6.07) is -0.316. The van der Waals surface area contributed by atoms with Crippen molar-refractivity contribution in [3.05, 3.63) is 0 Å². The lowest BCUT2D eigenvalue weighted by molar-refractivity contribution is -0.148. The average Bonchev–Trinajstić information content (AvgIpc) is 2.74. The first-order chi connectivity index (χ1) is 8.08. The second-order valence-corrected chi connectivity index (χ2v) is 4.17. The third-order valence-electron chi connectivity index (χ3n) is 3.30. The fourth-order valence-electron chi connectivity index (χ4n) is 2.27. The molecule has 0 aliphatic carbocycles. The maximum absolute atomic E-state index is 11.9. The Balaban J connectivity index is 2.67. The number of carbonyl (C=O) groups is 2. The van der Waals surface area contributed by atoms with Gasteiger partial charge in [0.1, 0.15) is 5.54 Å². The van der Waals surface area contributed by atoms with E-state index in [0.29, 0.717) is 32.5 Å². The molecule has 1 aliphatic heterocycles. The van der Waals surface area contributed by atoms with Gasteiger partial charge < -0.3 is 20.1 Å². The third-order valence-corrected chi connectivity index (χ3v) is 3.30. The van der Waals surface area contributed by atoms with E-state index >= 15 is 0 Å². The first-order valence-corrected chi connectivity index (χ1v) is 5.86. The molecule has 0 radical (unpaired) electrons. The van der Waals surface area contributed by atoms with Crippen LogP contribution in [0.25, 0.3) is 0 Å². The minimum Gasteiger partial charge on any atom is -0.479 e. The highest BCUT2D eigenvalue weighted by Crippen LogP contribution is 2.32. The van der Waals surface area contributed by atoms with Crippen LogP contribution in [-0.2, 0) is 9.53 Å². The van der Waals surface area contributed by atoms with Crippen LogP contribution in [0.1, 0.15) is 26.2 Å². The van der Waals surface area contributed by atoms with Gasteiger partial charge in [0.2, 0.25) is 0 Å². The fraction of sp³-hybridized carbons (Fsp3) is 0.818. The number of amides is 2. The largest absolute Gasteiger partial charge is 0.479 e. The maximum atomic E-state index is 11.9. The van der Waals surface area contributed by atoms with E-state index < -0.39 is 11.5 Å². The number of rotatable bonds is 5. The second-order valence-electron chi connectivity index (χ2n) is 4.17. The van der Waals surface area contributed by atoms with Crippen molar-refractivity contribution < 1.29 is 19.4 Å². The summed E-state index contributed by atoms with van der Waals surface area (Å²) < 4.78 is 4.83. The van der Waals surface area contributed by atoms with Crippen molar-refractivity contribution in [1.29, 1.82) is 0 Å². The van der Waals surface area contributed by atoms with Gasteiger partial charge in [0.25, 0.3) is 0 Å². The van der Waals surface area contributed by atoms with Crippen LogP contribution in [0.2, 0.25) is 0 Å². The predicted molar refractivity (Wildman–Crippen MR) is 61.9 cm³/mol. The summed E-state index contributed by atoms with van der Waals surface area (Å²) in [6.07, 6.45) is 1.69. The van der Waals surface area contributed by atoms with Gasteiger partial charge in [-0.25, -0.2) is 9.59 Å². The van der Waals surface area contributed by atoms with Gasteiger partial charge in [-0.2, -0.15) is 0 Å². The molecule has 1 fully saturated rings. The highest BCUT2D eigenvalue weighted by molar-refractivity contribution is 5.87. The summed E-state index contributed by atoms with van der Waals surface area (Å²) in [6.45, 7) is 3.12. The molecular formula is C11H20N2O4. The molecule has 2 N–H and O–H groups in total. The number of carboxylic acid groups (broad SMARTS) is 1. The van der Waals surface area contributed by atoms with Crippen molar-refractivity contribution in [2.75, 3.05) is 26.8 Å². The summed E-state index contributed by atoms with van der Waals surface area (Å²) in [5, 5.41) is 12.0. The summed E-state index contributed by atoms with van der Waals surface area (Å²) in [4.78, 5) is 24.7. The Morgan fingerprint density at radius 2 is 2.24 bits per heavy atom. The Labute approximate surface area is 101 Å². The zero-order valence-electron chi connectivity index (χ0n) is 10.4. The molecule has 0 aromatic heterocycles. The standard InChI is InChI=1S/C11H20N2O4/c1-3-11(9(14)15)5-4-7-13(11)10(16)12-6-8-17-2/h3-8H2,1-2H3,(H,12,16)(H,14,15). The van der Waals surface area contributed by atoms with Crippen LogP contribution in [0, 0.1) is 0 Å². The van der Waals surface area contributed by atoms with E-state index in [1.807, 2.05) is 0 Å². The highest BCUT2D eigenvalue weighted by Gasteiger charge is 2.48. The number of ether oxygens (including phenoxy) is 1. The van der Waals surface area contributed by atoms with Gasteiger partial charge in [0.15, 0.2) is 0 Å². The molecule has 0 aromatic carbocycles. The quantitative estimate of drug-likeness (QED) is 0.697. The topological polar surface area (TPSA) is 78.9 Å². The lowest BCUT2D eigenvalue weighted by Crippen LogP contribution is -2.55. The minimum absolute atomic E-state index is 0.316. The summed E-state index contributed by atoms with van der Waals surface area (Å²) in [5.41, 5.74) is -1.03. The van der Waals surface area contributed by atoms with Crippen molar-refractivity contribution in [3.8, 4) is 0 Å². The number of aliphatic carboxylic acids is 1. The minimum atomic E-state index is -1.03. The average molecular weight is 244 g/mol. The monoisotopic (exact) mass is 244 g/mol. The Hall–Kier alpha value is -1.30. The Morgan fingerprint density at radius 3 is 2.76 bits per heavy atom. The van der Waals surface area contributed by atoms with Crippen molar-refractivity contribution in [3.63, 3.8) is 0 Å². The van der Waals surface area contributed by atoms with Gasteiger partial charge in [-0.1, -0.05) is 6.92 Å². The molecule has 0 spiro atoms. The van der Waals surface area contributed by atoms with Crippen LogP contribution in [0.4, 0.5) is 4.79 Å². The molecule has 1 saturated heterocycles. The van der Waals surface area contributed by atoms with Gasteiger partial charge in [-0.15, -0.1) is 0 Å². The van der Waals surface area contributed by atoms with E-state index in [-0.39, 0.29) is 6.03 Å². The maximum Gasteiger partial charge on any atom is 0.329 e. The molecule has 2 amide bonds. The Bertz CT molecular complexity index is 295. The van der Waals surface area contributed by atoms with E-state index in [9.17, 15) is 14.7 Å². The SMILES string of the molecule is CCC1(C(=O)O)CCCN1C(=O)NCCOC. The molecule has 6 nitrogen and oxygen atoms in total. The molecule has 1 heterocycles. The highest BCUT2D eigenvalue weighted by atomic mass is 16.5. The lowest BCUT2D eigenvalue weighted by Gasteiger charge is -2.33. The van der Waals surface area contributed by atoms with Gasteiger partial charge in [-0.05, 0) is 19.3 Å². The predicted octanol–water partition coefficient (Wildman–Crippen LogP) is 0.672. The number of carbonyl (C=O) groups excluding carboxylic acids is 1. The summed E-state index contributed by atoms with van der Waals surface area (Å²) in [7, 11) is 1.55. The smallest absolute Gasteiger partial charge is 0.329 e. The normalized spacial score (nSPS) is 23.8. The van der Waals surface area contributed by atoms with Crippen molar-refractivity contribution >= 4 is 12.0 Å². The molecule has 0 bridgehead atoms. The van der Waals surface area contributed by atoms with E-state index in [1.54, 1.807) is 14.0 Å². The fourth-order valence-corrected chi connectivity index (χ4v) is 2.27. The Morgan fingerprint density at radius 1 is 1.53 bits per heavy atom. The molecule has 17 heavy (non-hydrogen) atoms. The second kappa shape index (κ2) is 5.86. The van der Waals surface area contributed by atoms with Crippen LogP contribution in [0.15, 0.2) is 0 Å². The molecule has 1 atom stereocenters. The van der Waals surface area contributed by atoms with Crippen LogP contribution in [0.3, 0.4) is 0 Å². The zero-order valence-corrected chi connectivity index (χ0v) is 10.4. The van der Waals surface area contributed by atoms with Crippen LogP contribution in [-0.4, -0.2) is 54.4 Å². The molecular weight excluding hydrogens is 224 g/mol. The van der Waals surface area contributed by atoms with E-state index in [4.69, 9.17) is 4.74 Å². The van der Waals surface area contributed by atoms with E-state index in [0.717, 1.165) is 6.42 Å². The number of hydrogen-bond acceptors (Lipinski definition) is 3.